The zero-order valence-corrected chi connectivity index (χ0v) is 27.7. The molecule has 0 saturated heterocycles. The fourth-order valence-corrected chi connectivity index (χ4v) is 7.24. The van der Waals surface area contributed by atoms with E-state index in [0.29, 0.717) is 11.8 Å². The summed E-state index contributed by atoms with van der Waals surface area (Å²) < 4.78 is 0. The normalized spacial score (nSPS) is 23.9. The molecule has 2 unspecified atom stereocenters. The van der Waals surface area contributed by atoms with Crippen molar-refractivity contribution in [1.29, 1.82) is 0 Å². The van der Waals surface area contributed by atoms with Gasteiger partial charge in [0.25, 0.3) is 0 Å². The van der Waals surface area contributed by atoms with Crippen molar-refractivity contribution in [3.05, 3.63) is 82.0 Å². The second-order valence-corrected chi connectivity index (χ2v) is 14.1. The maximum absolute atomic E-state index is 2.58. The summed E-state index contributed by atoms with van der Waals surface area (Å²) in [6.07, 6.45) is 6.28. The Hall–Kier alpha value is -0.617. The summed E-state index contributed by atoms with van der Waals surface area (Å²) in [6, 6.07) is 14.8. The number of allylic oxidation sites excluding steroid dienone is 4. The van der Waals surface area contributed by atoms with E-state index in [4.69, 9.17) is 0 Å². The van der Waals surface area contributed by atoms with E-state index in [1.807, 2.05) is 0 Å². The molecule has 0 aliphatic heterocycles. The number of benzene rings is 2. The first-order valence-corrected chi connectivity index (χ1v) is 12.8. The molecule has 2 atom stereocenters. The molecule has 1 fully saturated rings. The molecule has 0 heterocycles. The molecule has 3 heteroatoms. The number of rotatable bonds is 1. The van der Waals surface area contributed by atoms with Gasteiger partial charge in [0, 0.05) is 11.8 Å². The van der Waals surface area contributed by atoms with Gasteiger partial charge in [-0.3, -0.25) is 0 Å². The second-order valence-electron chi connectivity index (χ2n) is 14.1. The molecule has 3 aliphatic carbocycles. The van der Waals surface area contributed by atoms with Gasteiger partial charge in [-0.2, -0.15) is 0 Å². The van der Waals surface area contributed by atoms with Gasteiger partial charge in [-0.15, -0.1) is 0 Å². The van der Waals surface area contributed by atoms with Crippen molar-refractivity contribution in [2.24, 2.45) is 16.7 Å². The molecule has 36 heavy (non-hydrogen) atoms. The molecule has 0 nitrogen and oxygen atoms in total. The first-order chi connectivity index (χ1) is 15.1. The summed E-state index contributed by atoms with van der Waals surface area (Å²) in [5, 5.41) is 0. The molecule has 0 radical (unpaired) electrons. The van der Waals surface area contributed by atoms with E-state index in [2.05, 4.69) is 118 Å². The van der Waals surface area contributed by atoms with Crippen LogP contribution in [0.1, 0.15) is 104 Å². The molecule has 0 spiro atoms. The average Bonchev–Trinajstić information content (AvgIpc) is 3.29. The maximum atomic E-state index is 2.58. The van der Waals surface area contributed by atoms with Crippen LogP contribution in [0.5, 0.6) is 0 Å². The first-order valence-electron chi connectivity index (χ1n) is 12.8. The van der Waals surface area contributed by atoms with E-state index in [1.165, 1.54) is 34.2 Å². The van der Waals surface area contributed by atoms with Crippen LogP contribution in [0.3, 0.4) is 0 Å². The van der Waals surface area contributed by atoms with E-state index >= 15 is 0 Å². The van der Waals surface area contributed by atoms with Gasteiger partial charge in [0.05, 0.1) is 0 Å². The number of halogens is 2. The summed E-state index contributed by atoms with van der Waals surface area (Å²) in [5.74, 6) is 0.962. The van der Waals surface area contributed by atoms with Gasteiger partial charge >= 0.3 is 26.2 Å². The van der Waals surface area contributed by atoms with Gasteiger partial charge in [-0.05, 0) is 68.4 Å². The summed E-state index contributed by atoms with van der Waals surface area (Å²) in [7, 11) is 0. The zero-order chi connectivity index (χ0) is 24.1. The number of hydrogen-bond donors (Lipinski definition) is 0. The Labute approximate surface area is 251 Å². The predicted octanol–water partition coefficient (Wildman–Crippen LogP) is 3.34. The van der Waals surface area contributed by atoms with Crippen LogP contribution < -0.4 is 24.8 Å². The Bertz CT molecular complexity index is 1160. The molecule has 192 valence electrons. The van der Waals surface area contributed by atoms with Crippen molar-refractivity contribution in [2.45, 2.75) is 92.4 Å². The maximum Gasteiger partial charge on any atom is 2.00 e. The monoisotopic (exact) mass is 598 g/mol. The van der Waals surface area contributed by atoms with Crippen molar-refractivity contribution >= 4 is 0 Å². The molecule has 2 aromatic rings. The van der Waals surface area contributed by atoms with Gasteiger partial charge in [-0.1, -0.05) is 122 Å². The second kappa shape index (κ2) is 9.85. The molecule has 2 aromatic carbocycles. The first kappa shape index (κ1) is 31.6. The van der Waals surface area contributed by atoms with Crippen LogP contribution in [0.4, 0.5) is 0 Å². The van der Waals surface area contributed by atoms with E-state index in [0.717, 1.165) is 0 Å². The van der Waals surface area contributed by atoms with Crippen LogP contribution in [0, 0.1) is 16.7 Å². The van der Waals surface area contributed by atoms with Gasteiger partial charge in [0.1, 0.15) is 0 Å². The zero-order valence-electron chi connectivity index (χ0n) is 23.7. The minimum atomic E-state index is 0. The van der Waals surface area contributed by atoms with Crippen molar-refractivity contribution < 1.29 is 51.0 Å². The Morgan fingerprint density at radius 3 is 1.61 bits per heavy atom. The summed E-state index contributed by atoms with van der Waals surface area (Å²) in [5.41, 5.74) is 12.7. The van der Waals surface area contributed by atoms with Crippen LogP contribution in [0.2, 0.25) is 0 Å². The average molecular weight is 601 g/mol. The Morgan fingerprint density at radius 1 is 0.750 bits per heavy atom. The van der Waals surface area contributed by atoms with Gasteiger partial charge in [-0.25, -0.2) is 0 Å². The SMILES string of the molecule is CC1=CC2C(=C1)C(C)(C)CC2(C)C1c2ccc(C(C)(C)C)cc2-c2cc(C(C)(C)C)ccc21.[Cl-].[Cl-].[Zr+2]. The van der Waals surface area contributed by atoms with Crippen molar-refractivity contribution in [3.63, 3.8) is 0 Å². The Balaban J connectivity index is 0.00000152. The van der Waals surface area contributed by atoms with Gasteiger partial charge in [0.2, 0.25) is 0 Å². The van der Waals surface area contributed by atoms with Crippen LogP contribution >= 0.6 is 0 Å². The summed E-state index contributed by atoms with van der Waals surface area (Å²) >= 11 is 0. The molecule has 0 N–H and O–H groups in total. The quantitative estimate of drug-likeness (QED) is 0.472. The van der Waals surface area contributed by atoms with Crippen LogP contribution in [-0.2, 0) is 37.0 Å². The van der Waals surface area contributed by atoms with Gasteiger partial charge < -0.3 is 24.8 Å². The van der Waals surface area contributed by atoms with E-state index in [1.54, 1.807) is 16.7 Å². The molecule has 3 aliphatic rings. The Kier molecular flexibility index (Phi) is 8.64. The third-order valence-electron chi connectivity index (χ3n) is 8.87. The van der Waals surface area contributed by atoms with E-state index in [9.17, 15) is 0 Å². The number of hydrogen-bond acceptors (Lipinski definition) is 0. The molecular weight excluding hydrogens is 558 g/mol. The van der Waals surface area contributed by atoms with E-state index < -0.39 is 0 Å². The summed E-state index contributed by atoms with van der Waals surface area (Å²) in [4.78, 5) is 0. The fraction of sp³-hybridized carbons (Fsp3) is 0.515. The smallest absolute Gasteiger partial charge is 1.00 e. The predicted molar refractivity (Wildman–Crippen MR) is 143 cm³/mol. The van der Waals surface area contributed by atoms with E-state index in [-0.39, 0.29) is 72.7 Å². The minimum absolute atomic E-state index is 0. The number of fused-ring (bicyclic) bond motifs is 4. The standard InChI is InChI=1S/C33H42.2ClH.Zr/c1-20-15-27-28(16-20)33(10,19-32(27,8)9)29-23-13-11-21(30(2,3)4)17-25(23)26-18-22(31(5,6)7)12-14-24(26)29;;;/h11-18,28-29H,19H2,1-10H3;2*1H;/q;;;+2/p-2. The molecule has 0 bridgehead atoms. The van der Waals surface area contributed by atoms with Crippen molar-refractivity contribution in [2.75, 3.05) is 0 Å². The minimum Gasteiger partial charge on any atom is -1.00 e. The van der Waals surface area contributed by atoms with Crippen molar-refractivity contribution in [1.82, 2.24) is 0 Å². The van der Waals surface area contributed by atoms with Gasteiger partial charge in [0.15, 0.2) is 0 Å². The molecule has 5 rings (SSSR count). The third-order valence-corrected chi connectivity index (χ3v) is 8.87. The summed E-state index contributed by atoms with van der Waals surface area (Å²) in [6.45, 7) is 23.8. The Morgan fingerprint density at radius 2 is 1.19 bits per heavy atom. The third kappa shape index (κ3) is 4.80. The fourth-order valence-electron chi connectivity index (χ4n) is 7.24. The van der Waals surface area contributed by atoms with Crippen LogP contribution in [0.15, 0.2) is 59.7 Å². The molecule has 0 aromatic heterocycles. The largest absolute Gasteiger partial charge is 2.00 e. The van der Waals surface area contributed by atoms with Crippen LogP contribution in [0.25, 0.3) is 11.1 Å². The molecule has 0 amide bonds. The van der Waals surface area contributed by atoms with Crippen molar-refractivity contribution in [3.8, 4) is 11.1 Å². The van der Waals surface area contributed by atoms with Crippen LogP contribution in [-0.4, -0.2) is 0 Å². The topological polar surface area (TPSA) is 0 Å². The molecular formula is C33H42Cl2Zr. The molecule has 1 saturated carbocycles.